The van der Waals surface area contributed by atoms with E-state index in [1.807, 2.05) is 0 Å². The van der Waals surface area contributed by atoms with Crippen molar-refractivity contribution >= 4 is 11.8 Å². The first-order valence-electron chi connectivity index (χ1n) is 6.69. The molecule has 0 spiro atoms. The molecule has 2 rings (SSSR count). The summed E-state index contributed by atoms with van der Waals surface area (Å²) in [7, 11) is 0. The van der Waals surface area contributed by atoms with E-state index in [0.29, 0.717) is 18.9 Å². The van der Waals surface area contributed by atoms with E-state index < -0.39 is 0 Å². The highest BCUT2D eigenvalue weighted by Crippen LogP contribution is 2.27. The van der Waals surface area contributed by atoms with Gasteiger partial charge in [0, 0.05) is 19.5 Å². The van der Waals surface area contributed by atoms with Gasteiger partial charge in [0.05, 0.1) is 5.92 Å². The number of amides is 2. The highest BCUT2D eigenvalue weighted by molar-refractivity contribution is 5.89. The molecule has 0 radical (unpaired) electrons. The Labute approximate surface area is 103 Å². The van der Waals surface area contributed by atoms with E-state index in [9.17, 15) is 9.59 Å². The first-order chi connectivity index (χ1) is 8.15. The molecule has 4 nitrogen and oxygen atoms in total. The molecule has 0 aromatic rings. The van der Waals surface area contributed by atoms with Crippen LogP contribution in [0.1, 0.15) is 39.0 Å². The highest BCUT2D eigenvalue weighted by Gasteiger charge is 2.28. The van der Waals surface area contributed by atoms with Crippen molar-refractivity contribution < 1.29 is 9.59 Å². The van der Waals surface area contributed by atoms with Crippen LogP contribution in [0.4, 0.5) is 0 Å². The lowest BCUT2D eigenvalue weighted by Crippen LogP contribution is -2.36. The lowest BCUT2D eigenvalue weighted by atomic mass is 9.83. The molecule has 0 bridgehead atoms. The lowest BCUT2D eigenvalue weighted by Gasteiger charge is -2.26. The fourth-order valence-corrected chi connectivity index (χ4v) is 2.71. The Morgan fingerprint density at radius 3 is 2.65 bits per heavy atom. The second-order valence-electron chi connectivity index (χ2n) is 5.58. The molecule has 2 N–H and O–H groups in total. The van der Waals surface area contributed by atoms with Gasteiger partial charge in [-0.15, -0.1) is 0 Å². The van der Waals surface area contributed by atoms with Crippen LogP contribution in [0.2, 0.25) is 0 Å². The van der Waals surface area contributed by atoms with E-state index >= 15 is 0 Å². The first kappa shape index (κ1) is 12.4. The molecule has 1 saturated carbocycles. The average molecular weight is 238 g/mol. The highest BCUT2D eigenvalue weighted by atomic mass is 16.2. The maximum absolute atomic E-state index is 11.8. The minimum Gasteiger partial charge on any atom is -0.356 e. The van der Waals surface area contributed by atoms with E-state index in [-0.39, 0.29) is 17.7 Å². The van der Waals surface area contributed by atoms with Crippen LogP contribution in [0.25, 0.3) is 0 Å². The summed E-state index contributed by atoms with van der Waals surface area (Å²) in [6.45, 7) is 3.59. The number of rotatable bonds is 3. The van der Waals surface area contributed by atoms with Crippen LogP contribution >= 0.6 is 0 Å². The molecule has 0 aromatic carbocycles. The van der Waals surface area contributed by atoms with E-state index in [2.05, 4.69) is 17.6 Å². The van der Waals surface area contributed by atoms with Gasteiger partial charge >= 0.3 is 0 Å². The van der Waals surface area contributed by atoms with E-state index in [0.717, 1.165) is 12.5 Å². The van der Waals surface area contributed by atoms with Gasteiger partial charge in [-0.25, -0.2) is 0 Å². The molecule has 0 aromatic heterocycles. The van der Waals surface area contributed by atoms with Gasteiger partial charge in [-0.05, 0) is 24.7 Å². The van der Waals surface area contributed by atoms with Gasteiger partial charge in [0.15, 0.2) is 0 Å². The smallest absolute Gasteiger partial charge is 0.225 e. The Morgan fingerprint density at radius 1 is 1.35 bits per heavy atom. The number of carbonyl (C=O) groups excluding carboxylic acids is 2. The molecule has 1 heterocycles. The Balaban J connectivity index is 1.67. The maximum atomic E-state index is 11.8. The van der Waals surface area contributed by atoms with Crippen molar-refractivity contribution in [2.24, 2.45) is 17.8 Å². The lowest BCUT2D eigenvalue weighted by molar-refractivity contribution is -0.126. The molecular formula is C13H22N2O2. The summed E-state index contributed by atoms with van der Waals surface area (Å²) in [4.78, 5) is 22.8. The van der Waals surface area contributed by atoms with Crippen LogP contribution in [0.3, 0.4) is 0 Å². The monoisotopic (exact) mass is 238 g/mol. The summed E-state index contributed by atoms with van der Waals surface area (Å²) >= 11 is 0. The van der Waals surface area contributed by atoms with Crippen molar-refractivity contribution in [3.05, 3.63) is 0 Å². The van der Waals surface area contributed by atoms with Crippen molar-refractivity contribution in [2.45, 2.75) is 39.0 Å². The summed E-state index contributed by atoms with van der Waals surface area (Å²) in [5.74, 6) is 1.38. The SMILES string of the molecule is CC1CCC(CNC(=O)C2CNC(=O)C2)CC1. The van der Waals surface area contributed by atoms with Crippen LogP contribution in [-0.4, -0.2) is 24.9 Å². The molecule has 1 atom stereocenters. The largest absolute Gasteiger partial charge is 0.356 e. The zero-order chi connectivity index (χ0) is 12.3. The third-order valence-electron chi connectivity index (χ3n) is 4.05. The van der Waals surface area contributed by atoms with Crippen LogP contribution < -0.4 is 10.6 Å². The number of nitrogens with one attached hydrogen (secondary N) is 2. The average Bonchev–Trinajstić information content (AvgIpc) is 2.75. The van der Waals surface area contributed by atoms with Crippen LogP contribution in [-0.2, 0) is 9.59 Å². The fourth-order valence-electron chi connectivity index (χ4n) is 2.71. The Hall–Kier alpha value is -1.06. The molecular weight excluding hydrogens is 216 g/mol. The Bertz CT molecular complexity index is 296. The van der Waals surface area contributed by atoms with Crippen molar-refractivity contribution in [3.63, 3.8) is 0 Å². The quantitative estimate of drug-likeness (QED) is 0.772. The van der Waals surface area contributed by atoms with Gasteiger partial charge in [-0.2, -0.15) is 0 Å². The molecule has 1 aliphatic carbocycles. The van der Waals surface area contributed by atoms with Crippen LogP contribution in [0, 0.1) is 17.8 Å². The summed E-state index contributed by atoms with van der Waals surface area (Å²) in [5, 5.41) is 5.69. The van der Waals surface area contributed by atoms with Crippen molar-refractivity contribution in [1.82, 2.24) is 10.6 Å². The number of hydrogen-bond acceptors (Lipinski definition) is 2. The molecule has 1 unspecified atom stereocenters. The van der Waals surface area contributed by atoms with Gasteiger partial charge < -0.3 is 10.6 Å². The Morgan fingerprint density at radius 2 is 2.06 bits per heavy atom. The summed E-state index contributed by atoms with van der Waals surface area (Å²) < 4.78 is 0. The fraction of sp³-hybridized carbons (Fsp3) is 0.846. The maximum Gasteiger partial charge on any atom is 0.225 e. The second-order valence-corrected chi connectivity index (χ2v) is 5.58. The topological polar surface area (TPSA) is 58.2 Å². The molecule has 1 saturated heterocycles. The zero-order valence-corrected chi connectivity index (χ0v) is 10.5. The van der Waals surface area contributed by atoms with Gasteiger partial charge in [-0.3, -0.25) is 9.59 Å². The van der Waals surface area contributed by atoms with E-state index in [1.54, 1.807) is 0 Å². The van der Waals surface area contributed by atoms with Gasteiger partial charge in [0.1, 0.15) is 0 Å². The van der Waals surface area contributed by atoms with Gasteiger partial charge in [0.25, 0.3) is 0 Å². The molecule has 1 aliphatic heterocycles. The van der Waals surface area contributed by atoms with Gasteiger partial charge in [-0.1, -0.05) is 19.8 Å². The van der Waals surface area contributed by atoms with E-state index in [1.165, 1.54) is 25.7 Å². The van der Waals surface area contributed by atoms with Gasteiger partial charge in [0.2, 0.25) is 11.8 Å². The number of hydrogen-bond donors (Lipinski definition) is 2. The third-order valence-corrected chi connectivity index (χ3v) is 4.05. The van der Waals surface area contributed by atoms with Crippen molar-refractivity contribution in [1.29, 1.82) is 0 Å². The zero-order valence-electron chi connectivity index (χ0n) is 10.5. The third kappa shape index (κ3) is 3.45. The van der Waals surface area contributed by atoms with Crippen molar-refractivity contribution in [3.8, 4) is 0 Å². The van der Waals surface area contributed by atoms with E-state index in [4.69, 9.17) is 0 Å². The molecule has 2 fully saturated rings. The molecule has 4 heteroatoms. The minimum atomic E-state index is -0.148. The van der Waals surface area contributed by atoms with Crippen LogP contribution in [0.5, 0.6) is 0 Å². The number of carbonyl (C=O) groups is 2. The minimum absolute atomic E-state index is 0.00311. The summed E-state index contributed by atoms with van der Waals surface area (Å²) in [6.07, 6.45) is 5.37. The molecule has 2 amide bonds. The molecule has 96 valence electrons. The van der Waals surface area contributed by atoms with Crippen molar-refractivity contribution in [2.75, 3.05) is 13.1 Å². The summed E-state index contributed by atoms with van der Waals surface area (Å²) in [5.41, 5.74) is 0. The molecule has 2 aliphatic rings. The normalized spacial score (nSPS) is 33.2. The summed E-state index contributed by atoms with van der Waals surface area (Å²) in [6, 6.07) is 0. The predicted octanol–water partition coefficient (Wildman–Crippen LogP) is 1.06. The molecule has 17 heavy (non-hydrogen) atoms. The second kappa shape index (κ2) is 5.52. The standard InChI is InChI=1S/C13H22N2O2/c1-9-2-4-10(5-3-9)7-15-13(17)11-6-12(16)14-8-11/h9-11H,2-8H2,1H3,(H,14,16)(H,15,17). The first-order valence-corrected chi connectivity index (χ1v) is 6.69. The predicted molar refractivity (Wildman–Crippen MR) is 65.2 cm³/mol. The van der Waals surface area contributed by atoms with Crippen LogP contribution in [0.15, 0.2) is 0 Å². The Kier molecular flexibility index (Phi) is 4.02.